The van der Waals surface area contributed by atoms with Crippen LogP contribution in [0, 0.1) is 0 Å². The third kappa shape index (κ3) is 2.88. The van der Waals surface area contributed by atoms with E-state index in [1.807, 2.05) is 0 Å². The molecule has 0 aliphatic rings. The molecule has 0 atom stereocenters. The molecule has 0 aliphatic carbocycles. The first-order valence-corrected chi connectivity index (χ1v) is 4.55. The zero-order chi connectivity index (χ0) is 11.3. The number of rotatable bonds is 4. The average molecular weight is 210 g/mol. The molecular formula is C9H14N4O2. The molecule has 1 aromatic rings. The summed E-state index contributed by atoms with van der Waals surface area (Å²) in [7, 11) is 3.33. The molecule has 0 saturated carbocycles. The molecule has 1 rings (SSSR count). The van der Waals surface area contributed by atoms with Crippen LogP contribution in [0.2, 0.25) is 0 Å². The number of nitrogens with zero attached hydrogens (tertiary/aromatic N) is 3. The Morgan fingerprint density at radius 1 is 1.53 bits per heavy atom. The van der Waals surface area contributed by atoms with Crippen molar-refractivity contribution in [3.05, 3.63) is 18.1 Å². The number of amides is 1. The normalized spacial score (nSPS) is 9.80. The van der Waals surface area contributed by atoms with Gasteiger partial charge in [-0.2, -0.15) is 0 Å². The van der Waals surface area contributed by atoms with E-state index in [2.05, 4.69) is 15.3 Å². The third-order valence-corrected chi connectivity index (χ3v) is 1.91. The van der Waals surface area contributed by atoms with E-state index in [4.69, 9.17) is 5.11 Å². The average Bonchev–Trinajstić information content (AvgIpc) is 2.28. The van der Waals surface area contributed by atoms with Crippen LogP contribution < -0.4 is 5.32 Å². The Morgan fingerprint density at radius 2 is 2.27 bits per heavy atom. The summed E-state index contributed by atoms with van der Waals surface area (Å²) >= 11 is 0. The molecule has 1 aromatic heterocycles. The van der Waals surface area contributed by atoms with Crippen LogP contribution in [0.15, 0.2) is 12.4 Å². The quantitative estimate of drug-likeness (QED) is 0.706. The smallest absolute Gasteiger partial charge is 0.273 e. The van der Waals surface area contributed by atoms with Gasteiger partial charge in [-0.05, 0) is 0 Å². The fraction of sp³-hybridized carbons (Fsp3) is 0.444. The summed E-state index contributed by atoms with van der Waals surface area (Å²) in [5, 5.41) is 11.5. The lowest BCUT2D eigenvalue weighted by Crippen LogP contribution is -2.30. The Morgan fingerprint density at radius 3 is 2.73 bits per heavy atom. The van der Waals surface area contributed by atoms with Crippen LogP contribution in [0.3, 0.4) is 0 Å². The van der Waals surface area contributed by atoms with E-state index < -0.39 is 0 Å². The summed E-state index contributed by atoms with van der Waals surface area (Å²) in [6.07, 6.45) is 2.89. The minimum atomic E-state index is -0.251. The second-order valence-corrected chi connectivity index (χ2v) is 2.99. The molecule has 6 heteroatoms. The number of hydrogen-bond acceptors (Lipinski definition) is 5. The Bertz CT molecular complexity index is 325. The second-order valence-electron chi connectivity index (χ2n) is 2.99. The highest BCUT2D eigenvalue weighted by Gasteiger charge is 2.12. The largest absolute Gasteiger partial charge is 0.395 e. The van der Waals surface area contributed by atoms with E-state index in [-0.39, 0.29) is 24.8 Å². The Labute approximate surface area is 88.0 Å². The van der Waals surface area contributed by atoms with Crippen molar-refractivity contribution in [2.45, 2.75) is 0 Å². The van der Waals surface area contributed by atoms with Gasteiger partial charge >= 0.3 is 0 Å². The molecule has 0 fully saturated rings. The monoisotopic (exact) mass is 210 g/mol. The Balaban J connectivity index is 2.73. The number of likely N-dealkylation sites (N-methyl/N-ethyl adjacent to an activating group) is 1. The minimum absolute atomic E-state index is 0.0652. The molecular weight excluding hydrogens is 196 g/mol. The highest BCUT2D eigenvalue weighted by Crippen LogP contribution is 2.02. The molecule has 0 radical (unpaired) electrons. The lowest BCUT2D eigenvalue weighted by Gasteiger charge is -2.14. The molecule has 0 aromatic carbocycles. The van der Waals surface area contributed by atoms with E-state index in [0.29, 0.717) is 5.82 Å². The number of aliphatic hydroxyl groups is 1. The number of anilines is 1. The van der Waals surface area contributed by atoms with Crippen LogP contribution >= 0.6 is 0 Å². The summed E-state index contributed by atoms with van der Waals surface area (Å²) in [6, 6.07) is 0. The van der Waals surface area contributed by atoms with Gasteiger partial charge in [-0.1, -0.05) is 0 Å². The fourth-order valence-electron chi connectivity index (χ4n) is 1.01. The SMILES string of the molecule is CNc1cnc(C(=O)N(C)CCO)cn1. The lowest BCUT2D eigenvalue weighted by atomic mass is 10.4. The van der Waals surface area contributed by atoms with E-state index in [1.165, 1.54) is 17.3 Å². The van der Waals surface area contributed by atoms with Gasteiger partial charge < -0.3 is 15.3 Å². The summed E-state index contributed by atoms with van der Waals surface area (Å²) < 4.78 is 0. The summed E-state index contributed by atoms with van der Waals surface area (Å²) in [5.41, 5.74) is 0.268. The van der Waals surface area contributed by atoms with Crippen LogP contribution in [0.5, 0.6) is 0 Å². The van der Waals surface area contributed by atoms with Crippen molar-refractivity contribution >= 4 is 11.7 Å². The lowest BCUT2D eigenvalue weighted by molar-refractivity contribution is 0.0761. The maximum absolute atomic E-state index is 11.6. The van der Waals surface area contributed by atoms with Crippen molar-refractivity contribution in [2.75, 3.05) is 32.6 Å². The first-order valence-electron chi connectivity index (χ1n) is 4.55. The predicted octanol–water partition coefficient (Wildman–Crippen LogP) is -0.417. The minimum Gasteiger partial charge on any atom is -0.395 e. The van der Waals surface area contributed by atoms with Crippen LogP contribution in [0.4, 0.5) is 5.82 Å². The van der Waals surface area contributed by atoms with Crippen molar-refractivity contribution in [3.63, 3.8) is 0 Å². The van der Waals surface area contributed by atoms with Gasteiger partial charge in [-0.15, -0.1) is 0 Å². The molecule has 2 N–H and O–H groups in total. The van der Waals surface area contributed by atoms with Gasteiger partial charge in [0.25, 0.3) is 5.91 Å². The van der Waals surface area contributed by atoms with Crippen LogP contribution in [-0.2, 0) is 0 Å². The molecule has 1 heterocycles. The standard InChI is InChI=1S/C9H14N4O2/c1-10-8-6-11-7(5-12-8)9(15)13(2)3-4-14/h5-6,14H,3-4H2,1-2H3,(H,10,12). The van der Waals surface area contributed by atoms with Gasteiger partial charge in [0, 0.05) is 20.6 Å². The summed E-state index contributed by atoms with van der Waals surface area (Å²) in [6.45, 7) is 0.221. The Hall–Kier alpha value is -1.69. The Kier molecular flexibility index (Phi) is 3.99. The second kappa shape index (κ2) is 5.26. The molecule has 0 unspecified atom stereocenters. The zero-order valence-corrected chi connectivity index (χ0v) is 8.77. The first-order chi connectivity index (χ1) is 7.19. The highest BCUT2D eigenvalue weighted by molar-refractivity contribution is 5.91. The predicted molar refractivity (Wildman–Crippen MR) is 55.6 cm³/mol. The van der Waals surface area contributed by atoms with Crippen molar-refractivity contribution < 1.29 is 9.90 Å². The van der Waals surface area contributed by atoms with E-state index >= 15 is 0 Å². The number of hydrogen-bond donors (Lipinski definition) is 2. The molecule has 1 amide bonds. The number of aliphatic hydroxyl groups excluding tert-OH is 1. The van der Waals surface area contributed by atoms with E-state index in [1.54, 1.807) is 14.1 Å². The van der Waals surface area contributed by atoms with Gasteiger partial charge in [0.05, 0.1) is 19.0 Å². The van der Waals surface area contributed by atoms with Crippen LogP contribution in [0.25, 0.3) is 0 Å². The molecule has 0 spiro atoms. The van der Waals surface area contributed by atoms with Crippen molar-refractivity contribution in [1.29, 1.82) is 0 Å². The highest BCUT2D eigenvalue weighted by atomic mass is 16.3. The number of carbonyl (C=O) groups excluding carboxylic acids is 1. The maximum Gasteiger partial charge on any atom is 0.273 e. The van der Waals surface area contributed by atoms with Gasteiger partial charge in [-0.3, -0.25) is 4.79 Å². The van der Waals surface area contributed by atoms with Gasteiger partial charge in [0.2, 0.25) is 0 Å². The zero-order valence-electron chi connectivity index (χ0n) is 8.77. The summed E-state index contributed by atoms with van der Waals surface area (Å²) in [4.78, 5) is 21.0. The third-order valence-electron chi connectivity index (χ3n) is 1.91. The molecule has 15 heavy (non-hydrogen) atoms. The number of aromatic nitrogens is 2. The molecule has 0 bridgehead atoms. The van der Waals surface area contributed by atoms with Crippen LogP contribution in [-0.4, -0.2) is 53.1 Å². The first kappa shape index (κ1) is 11.4. The number of carbonyl (C=O) groups is 1. The fourth-order valence-corrected chi connectivity index (χ4v) is 1.01. The molecule has 0 saturated heterocycles. The van der Waals surface area contributed by atoms with Crippen molar-refractivity contribution in [3.8, 4) is 0 Å². The van der Waals surface area contributed by atoms with Gasteiger partial charge in [0.1, 0.15) is 11.5 Å². The summed E-state index contributed by atoms with van der Waals surface area (Å²) in [5.74, 6) is 0.357. The molecule has 6 nitrogen and oxygen atoms in total. The maximum atomic E-state index is 11.6. The van der Waals surface area contributed by atoms with Crippen LogP contribution in [0.1, 0.15) is 10.5 Å². The van der Waals surface area contributed by atoms with E-state index in [9.17, 15) is 4.79 Å². The molecule has 0 aliphatic heterocycles. The topological polar surface area (TPSA) is 78.4 Å². The van der Waals surface area contributed by atoms with Gasteiger partial charge in [0.15, 0.2) is 0 Å². The van der Waals surface area contributed by atoms with E-state index in [0.717, 1.165) is 0 Å². The molecule has 82 valence electrons. The number of nitrogens with one attached hydrogen (secondary N) is 1. The van der Waals surface area contributed by atoms with Crippen molar-refractivity contribution in [1.82, 2.24) is 14.9 Å². The van der Waals surface area contributed by atoms with Crippen molar-refractivity contribution in [2.24, 2.45) is 0 Å². The van der Waals surface area contributed by atoms with Gasteiger partial charge in [-0.25, -0.2) is 9.97 Å².